The molecular formula is C20H38N6O2. The van der Waals surface area contributed by atoms with Crippen LogP contribution < -0.4 is 11.1 Å². The monoisotopic (exact) mass is 394 g/mol. The Kier molecular flexibility index (Phi) is 8.82. The third-order valence-electron chi connectivity index (χ3n) is 6.14. The lowest BCUT2D eigenvalue weighted by Gasteiger charge is -2.36. The molecule has 1 saturated carbocycles. The lowest BCUT2D eigenvalue weighted by molar-refractivity contribution is -0.137. The highest BCUT2D eigenvalue weighted by molar-refractivity contribution is 5.79. The van der Waals surface area contributed by atoms with Crippen LogP contribution in [0, 0.1) is 5.92 Å². The van der Waals surface area contributed by atoms with Crippen LogP contribution in [-0.4, -0.2) is 105 Å². The number of carbonyl (C=O) groups excluding carboxylic acids is 1. The maximum atomic E-state index is 12.5. The number of rotatable bonds is 8. The first-order valence-corrected chi connectivity index (χ1v) is 11.1. The standard InChI is InChI=1S/C20H38N6O2/c21-20(22-6-3-8-24-14-16-28-17-15-24)23-7-9-25-10-12-26(13-11-25)19(27)18-4-1-2-5-18/h18H,1-17H2,(H3,21,22,23). The van der Waals surface area contributed by atoms with E-state index in [1.807, 2.05) is 0 Å². The van der Waals surface area contributed by atoms with E-state index in [4.69, 9.17) is 10.5 Å². The second-order valence-electron chi connectivity index (χ2n) is 8.15. The Hall–Kier alpha value is -1.38. The summed E-state index contributed by atoms with van der Waals surface area (Å²) >= 11 is 0. The maximum absolute atomic E-state index is 12.5. The number of guanidine groups is 1. The van der Waals surface area contributed by atoms with Crippen molar-refractivity contribution in [2.75, 3.05) is 78.7 Å². The second-order valence-corrected chi connectivity index (χ2v) is 8.15. The molecule has 0 bridgehead atoms. The highest BCUT2D eigenvalue weighted by Crippen LogP contribution is 2.26. The van der Waals surface area contributed by atoms with Gasteiger partial charge < -0.3 is 20.7 Å². The largest absolute Gasteiger partial charge is 0.379 e. The number of nitrogens with zero attached hydrogens (tertiary/aromatic N) is 4. The predicted octanol–water partition coefficient (Wildman–Crippen LogP) is -0.0526. The van der Waals surface area contributed by atoms with E-state index in [1.54, 1.807) is 0 Å². The molecule has 3 rings (SSSR count). The lowest BCUT2D eigenvalue weighted by atomic mass is 10.1. The van der Waals surface area contributed by atoms with Gasteiger partial charge in [-0.15, -0.1) is 0 Å². The highest BCUT2D eigenvalue weighted by Gasteiger charge is 2.29. The van der Waals surface area contributed by atoms with Gasteiger partial charge >= 0.3 is 0 Å². The summed E-state index contributed by atoms with van der Waals surface area (Å²) in [4.78, 5) is 23.8. The summed E-state index contributed by atoms with van der Waals surface area (Å²) in [5, 5.41) is 3.22. The molecule has 2 aliphatic heterocycles. The Morgan fingerprint density at radius 3 is 2.39 bits per heavy atom. The molecule has 3 fully saturated rings. The van der Waals surface area contributed by atoms with Gasteiger partial charge in [-0.3, -0.25) is 19.6 Å². The molecule has 8 heteroatoms. The molecule has 3 N–H and O–H groups in total. The summed E-state index contributed by atoms with van der Waals surface area (Å²) in [6.07, 6.45) is 5.65. The Morgan fingerprint density at radius 1 is 1.00 bits per heavy atom. The van der Waals surface area contributed by atoms with E-state index >= 15 is 0 Å². The minimum atomic E-state index is 0.299. The Bertz CT molecular complexity index is 495. The Morgan fingerprint density at radius 2 is 1.68 bits per heavy atom. The molecule has 0 unspecified atom stereocenters. The summed E-state index contributed by atoms with van der Waals surface area (Å²) in [6.45, 7) is 10.9. The number of aliphatic imine (C=N–C) groups is 1. The number of nitrogens with two attached hydrogens (primary N) is 1. The fraction of sp³-hybridized carbons (Fsp3) is 0.900. The first-order valence-electron chi connectivity index (χ1n) is 11.1. The van der Waals surface area contributed by atoms with E-state index in [-0.39, 0.29) is 0 Å². The van der Waals surface area contributed by atoms with Gasteiger partial charge in [0.1, 0.15) is 0 Å². The molecule has 0 aromatic heterocycles. The minimum Gasteiger partial charge on any atom is -0.379 e. The molecule has 0 aromatic carbocycles. The average Bonchev–Trinajstić information content (AvgIpc) is 3.27. The van der Waals surface area contributed by atoms with E-state index in [0.717, 1.165) is 97.9 Å². The fourth-order valence-corrected chi connectivity index (χ4v) is 4.34. The summed E-state index contributed by atoms with van der Waals surface area (Å²) in [5.74, 6) is 1.23. The summed E-state index contributed by atoms with van der Waals surface area (Å²) in [6, 6.07) is 0. The SMILES string of the molecule is NC(=NCCCN1CCOCC1)NCCN1CCN(C(=O)C2CCCC2)CC1. The quantitative estimate of drug-likeness (QED) is 0.341. The van der Waals surface area contributed by atoms with Crippen LogP contribution in [-0.2, 0) is 9.53 Å². The third-order valence-corrected chi connectivity index (χ3v) is 6.14. The first-order chi connectivity index (χ1) is 13.7. The molecule has 0 spiro atoms. The van der Waals surface area contributed by atoms with Crippen molar-refractivity contribution in [3.05, 3.63) is 0 Å². The first kappa shape index (κ1) is 21.3. The summed E-state index contributed by atoms with van der Waals surface area (Å²) in [7, 11) is 0. The summed E-state index contributed by atoms with van der Waals surface area (Å²) < 4.78 is 5.36. The topological polar surface area (TPSA) is 86.4 Å². The van der Waals surface area contributed by atoms with Gasteiger partial charge in [-0.05, 0) is 19.3 Å². The smallest absolute Gasteiger partial charge is 0.225 e. The van der Waals surface area contributed by atoms with Crippen LogP contribution in [0.15, 0.2) is 4.99 Å². The highest BCUT2D eigenvalue weighted by atomic mass is 16.5. The van der Waals surface area contributed by atoms with Crippen LogP contribution in [0.2, 0.25) is 0 Å². The van der Waals surface area contributed by atoms with E-state index in [2.05, 4.69) is 25.0 Å². The second kappa shape index (κ2) is 11.6. The van der Waals surface area contributed by atoms with Crippen LogP contribution in [0.5, 0.6) is 0 Å². The molecule has 160 valence electrons. The third kappa shape index (κ3) is 6.90. The van der Waals surface area contributed by atoms with Gasteiger partial charge in [0.15, 0.2) is 5.96 Å². The number of amides is 1. The maximum Gasteiger partial charge on any atom is 0.225 e. The van der Waals surface area contributed by atoms with Gasteiger partial charge in [0.05, 0.1) is 13.2 Å². The molecule has 2 saturated heterocycles. The van der Waals surface area contributed by atoms with Crippen molar-refractivity contribution >= 4 is 11.9 Å². The van der Waals surface area contributed by atoms with Crippen molar-refractivity contribution in [1.82, 2.24) is 20.0 Å². The van der Waals surface area contributed by atoms with Gasteiger partial charge in [0, 0.05) is 71.4 Å². The number of ether oxygens (including phenoxy) is 1. The van der Waals surface area contributed by atoms with Crippen LogP contribution in [0.1, 0.15) is 32.1 Å². The molecule has 8 nitrogen and oxygen atoms in total. The number of hydrogen-bond donors (Lipinski definition) is 2. The lowest BCUT2D eigenvalue weighted by Crippen LogP contribution is -2.51. The zero-order chi connectivity index (χ0) is 19.6. The van der Waals surface area contributed by atoms with E-state index in [0.29, 0.717) is 17.8 Å². The molecule has 28 heavy (non-hydrogen) atoms. The van der Waals surface area contributed by atoms with Gasteiger partial charge in [-0.2, -0.15) is 0 Å². The molecule has 1 amide bonds. The van der Waals surface area contributed by atoms with Crippen molar-refractivity contribution in [3.63, 3.8) is 0 Å². The fourth-order valence-electron chi connectivity index (χ4n) is 4.34. The van der Waals surface area contributed by atoms with Gasteiger partial charge in [-0.25, -0.2) is 0 Å². The number of piperazine rings is 1. The van der Waals surface area contributed by atoms with Gasteiger partial charge in [0.2, 0.25) is 5.91 Å². The zero-order valence-corrected chi connectivity index (χ0v) is 17.3. The molecule has 0 radical (unpaired) electrons. The Balaban J connectivity index is 1.22. The molecular weight excluding hydrogens is 356 g/mol. The molecule has 3 aliphatic rings. The molecule has 1 aliphatic carbocycles. The van der Waals surface area contributed by atoms with Crippen LogP contribution in [0.4, 0.5) is 0 Å². The number of nitrogens with one attached hydrogen (secondary N) is 1. The number of hydrogen-bond acceptors (Lipinski definition) is 5. The van der Waals surface area contributed by atoms with Crippen molar-refractivity contribution < 1.29 is 9.53 Å². The Labute approximate surface area is 169 Å². The van der Waals surface area contributed by atoms with Gasteiger partial charge in [0.25, 0.3) is 0 Å². The van der Waals surface area contributed by atoms with E-state index in [9.17, 15) is 4.79 Å². The number of morpholine rings is 1. The normalized spacial score (nSPS) is 23.3. The van der Waals surface area contributed by atoms with Gasteiger partial charge in [-0.1, -0.05) is 12.8 Å². The predicted molar refractivity (Wildman–Crippen MR) is 111 cm³/mol. The molecule has 0 atom stereocenters. The van der Waals surface area contributed by atoms with E-state index < -0.39 is 0 Å². The number of carbonyl (C=O) groups is 1. The zero-order valence-electron chi connectivity index (χ0n) is 17.3. The van der Waals surface area contributed by atoms with Crippen LogP contribution in [0.3, 0.4) is 0 Å². The van der Waals surface area contributed by atoms with Crippen LogP contribution >= 0.6 is 0 Å². The van der Waals surface area contributed by atoms with Crippen LogP contribution in [0.25, 0.3) is 0 Å². The molecule has 2 heterocycles. The van der Waals surface area contributed by atoms with Crippen molar-refractivity contribution in [3.8, 4) is 0 Å². The summed E-state index contributed by atoms with van der Waals surface area (Å²) in [5.41, 5.74) is 5.97. The minimum absolute atomic E-state index is 0.299. The molecule has 0 aromatic rings. The van der Waals surface area contributed by atoms with Crippen molar-refractivity contribution in [2.24, 2.45) is 16.6 Å². The van der Waals surface area contributed by atoms with Crippen molar-refractivity contribution in [1.29, 1.82) is 0 Å². The van der Waals surface area contributed by atoms with Crippen molar-refractivity contribution in [2.45, 2.75) is 32.1 Å². The average molecular weight is 395 g/mol. The van der Waals surface area contributed by atoms with E-state index in [1.165, 1.54) is 12.8 Å².